The van der Waals surface area contributed by atoms with E-state index in [4.69, 9.17) is 5.73 Å². The van der Waals surface area contributed by atoms with Crippen molar-refractivity contribution in [3.05, 3.63) is 82.9 Å². The number of rotatable bonds is 5. The van der Waals surface area contributed by atoms with E-state index in [0.717, 1.165) is 18.2 Å². The SMILES string of the molecule is C[C@@H]1CN(c2ccc(-c3ccc(F)c(C(N)=O)c3)c(NC(=O)c3ccc(F)cc3C(F)(F)F)c2)C[C@H](C)N1C. The third-order valence-corrected chi connectivity index (χ3v) is 7.05. The maximum Gasteiger partial charge on any atom is 0.417 e. The Kier molecular flexibility index (Phi) is 7.65. The van der Waals surface area contributed by atoms with Gasteiger partial charge >= 0.3 is 6.18 Å². The van der Waals surface area contributed by atoms with Crippen molar-refractivity contribution in [2.75, 3.05) is 30.4 Å². The number of nitrogens with zero attached hydrogens (tertiary/aromatic N) is 2. The summed E-state index contributed by atoms with van der Waals surface area (Å²) in [4.78, 5) is 29.2. The van der Waals surface area contributed by atoms with E-state index in [1.165, 1.54) is 12.1 Å². The van der Waals surface area contributed by atoms with Gasteiger partial charge in [-0.3, -0.25) is 14.5 Å². The van der Waals surface area contributed by atoms with Crippen LogP contribution in [0.4, 0.5) is 33.3 Å². The molecule has 0 unspecified atom stereocenters. The van der Waals surface area contributed by atoms with Gasteiger partial charge < -0.3 is 16.0 Å². The van der Waals surface area contributed by atoms with E-state index in [1.54, 1.807) is 18.2 Å². The summed E-state index contributed by atoms with van der Waals surface area (Å²) in [5.74, 6) is -4.09. The van der Waals surface area contributed by atoms with Crippen LogP contribution < -0.4 is 16.0 Å². The molecule has 1 saturated heterocycles. The number of hydrogen-bond donors (Lipinski definition) is 2. The number of nitrogens with one attached hydrogen (secondary N) is 1. The first-order chi connectivity index (χ1) is 18.3. The Morgan fingerprint density at radius 3 is 2.21 bits per heavy atom. The molecule has 0 aromatic heterocycles. The summed E-state index contributed by atoms with van der Waals surface area (Å²) >= 11 is 0. The molecule has 206 valence electrons. The average molecular weight is 547 g/mol. The van der Waals surface area contributed by atoms with Crippen molar-refractivity contribution in [3.63, 3.8) is 0 Å². The molecule has 39 heavy (non-hydrogen) atoms. The Hall–Kier alpha value is -3.99. The molecule has 6 nitrogen and oxygen atoms in total. The lowest BCUT2D eigenvalue weighted by Crippen LogP contribution is -2.55. The van der Waals surface area contributed by atoms with Gasteiger partial charge in [-0.2, -0.15) is 13.2 Å². The summed E-state index contributed by atoms with van der Waals surface area (Å²) in [6.07, 6.45) is -4.97. The maximum atomic E-state index is 14.2. The summed E-state index contributed by atoms with van der Waals surface area (Å²) in [5, 5.41) is 2.52. The van der Waals surface area contributed by atoms with E-state index >= 15 is 0 Å². The van der Waals surface area contributed by atoms with Crippen molar-refractivity contribution in [2.45, 2.75) is 32.1 Å². The minimum atomic E-state index is -4.97. The summed E-state index contributed by atoms with van der Waals surface area (Å²) < 4.78 is 68.6. The summed E-state index contributed by atoms with van der Waals surface area (Å²) in [6.45, 7) is 5.45. The highest BCUT2D eigenvalue weighted by atomic mass is 19.4. The molecule has 3 aromatic carbocycles. The topological polar surface area (TPSA) is 78.7 Å². The number of alkyl halides is 3. The first-order valence-electron chi connectivity index (χ1n) is 12.1. The maximum absolute atomic E-state index is 14.2. The molecule has 11 heteroatoms. The second-order valence-corrected chi connectivity index (χ2v) is 9.70. The molecule has 2 atom stereocenters. The molecule has 1 fully saturated rings. The van der Waals surface area contributed by atoms with E-state index in [0.29, 0.717) is 29.9 Å². The lowest BCUT2D eigenvalue weighted by molar-refractivity contribution is -0.138. The molecule has 3 N–H and O–H groups in total. The van der Waals surface area contributed by atoms with E-state index in [2.05, 4.69) is 29.0 Å². The first kappa shape index (κ1) is 28.0. The van der Waals surface area contributed by atoms with Crippen LogP contribution in [0.3, 0.4) is 0 Å². The van der Waals surface area contributed by atoms with Gasteiger partial charge in [0.15, 0.2) is 0 Å². The van der Waals surface area contributed by atoms with Gasteiger partial charge in [-0.05, 0) is 68.9 Å². The number of primary amides is 1. The lowest BCUT2D eigenvalue weighted by atomic mass is 9.98. The molecule has 1 aliphatic rings. The van der Waals surface area contributed by atoms with Crippen LogP contribution in [0, 0.1) is 11.6 Å². The number of amides is 2. The second kappa shape index (κ2) is 10.6. The largest absolute Gasteiger partial charge is 0.417 e. The van der Waals surface area contributed by atoms with E-state index < -0.39 is 40.8 Å². The highest BCUT2D eigenvalue weighted by molar-refractivity contribution is 6.08. The van der Waals surface area contributed by atoms with Gasteiger partial charge in [-0.1, -0.05) is 12.1 Å². The Balaban J connectivity index is 1.81. The van der Waals surface area contributed by atoms with Crippen LogP contribution >= 0.6 is 0 Å². The zero-order valence-electron chi connectivity index (χ0n) is 21.4. The molecule has 0 spiro atoms. The van der Waals surface area contributed by atoms with Crippen molar-refractivity contribution < 1.29 is 31.5 Å². The summed E-state index contributed by atoms with van der Waals surface area (Å²) in [6, 6.07) is 10.9. The summed E-state index contributed by atoms with van der Waals surface area (Å²) in [5.41, 5.74) is 4.17. The van der Waals surface area contributed by atoms with E-state index in [1.807, 2.05) is 7.05 Å². The zero-order valence-corrected chi connectivity index (χ0v) is 21.4. The fourth-order valence-electron chi connectivity index (χ4n) is 4.72. The van der Waals surface area contributed by atoms with Gasteiger partial charge in [-0.25, -0.2) is 8.78 Å². The van der Waals surface area contributed by atoms with Gasteiger partial charge in [0.25, 0.3) is 11.8 Å². The highest BCUT2D eigenvalue weighted by Crippen LogP contribution is 2.36. The van der Waals surface area contributed by atoms with Crippen LogP contribution in [0.2, 0.25) is 0 Å². The van der Waals surface area contributed by atoms with Crippen LogP contribution in [0.15, 0.2) is 54.6 Å². The van der Waals surface area contributed by atoms with Crippen molar-refractivity contribution in [1.82, 2.24) is 4.90 Å². The van der Waals surface area contributed by atoms with Gasteiger partial charge in [0.2, 0.25) is 0 Å². The van der Waals surface area contributed by atoms with Crippen LogP contribution in [0.25, 0.3) is 11.1 Å². The molecular formula is C28H27F5N4O2. The second-order valence-electron chi connectivity index (χ2n) is 9.70. The van der Waals surface area contributed by atoms with Crippen molar-refractivity contribution in [3.8, 4) is 11.1 Å². The molecule has 0 bridgehead atoms. The predicted octanol–water partition coefficient (Wildman–Crippen LogP) is 5.53. The zero-order chi connectivity index (χ0) is 28.6. The number of nitrogens with two attached hydrogens (primary N) is 1. The van der Waals surface area contributed by atoms with Gasteiger partial charge in [0.05, 0.1) is 22.4 Å². The van der Waals surface area contributed by atoms with Crippen LogP contribution in [-0.2, 0) is 6.18 Å². The van der Waals surface area contributed by atoms with Gasteiger partial charge in [-0.15, -0.1) is 0 Å². The number of carbonyl (C=O) groups is 2. The van der Waals surface area contributed by atoms with E-state index in [-0.39, 0.29) is 29.4 Å². The number of halogens is 5. The van der Waals surface area contributed by atoms with Crippen molar-refractivity contribution >= 4 is 23.2 Å². The highest BCUT2D eigenvalue weighted by Gasteiger charge is 2.36. The number of benzene rings is 3. The molecule has 4 rings (SSSR count). The molecule has 1 heterocycles. The standard InChI is InChI=1S/C28H27F5N4O2/c1-15-13-37(14-16(2)36(15)3)19-6-8-20(17-4-9-24(30)22(10-17)26(34)38)25(12-19)35-27(39)21-7-5-18(29)11-23(21)28(31,32)33/h4-12,15-16H,13-14H2,1-3H3,(H2,34,38)(H,35,39)/t15-,16+. The molecule has 0 aliphatic carbocycles. The monoisotopic (exact) mass is 546 g/mol. The number of hydrogen-bond acceptors (Lipinski definition) is 4. The van der Waals surface area contributed by atoms with Gasteiger partial charge in [0, 0.05) is 36.4 Å². The smallest absolute Gasteiger partial charge is 0.368 e. The lowest BCUT2D eigenvalue weighted by Gasteiger charge is -2.43. The minimum Gasteiger partial charge on any atom is -0.368 e. The van der Waals surface area contributed by atoms with Crippen molar-refractivity contribution in [2.24, 2.45) is 5.73 Å². The Labute approximate surface area is 222 Å². The number of piperazine rings is 1. The molecule has 0 radical (unpaired) electrons. The van der Waals surface area contributed by atoms with E-state index in [9.17, 15) is 31.5 Å². The fourth-order valence-corrected chi connectivity index (χ4v) is 4.72. The molecule has 2 amide bonds. The van der Waals surface area contributed by atoms with Crippen molar-refractivity contribution in [1.29, 1.82) is 0 Å². The average Bonchev–Trinajstić information content (AvgIpc) is 2.86. The molecule has 1 aliphatic heterocycles. The number of carbonyl (C=O) groups excluding carboxylic acids is 2. The Morgan fingerprint density at radius 2 is 1.59 bits per heavy atom. The van der Waals surface area contributed by atoms with Crippen LogP contribution in [0.1, 0.15) is 40.1 Å². The number of likely N-dealkylation sites (N-methyl/N-ethyl adjacent to an activating group) is 1. The predicted molar refractivity (Wildman–Crippen MR) is 139 cm³/mol. The first-order valence-corrected chi connectivity index (χ1v) is 12.1. The Morgan fingerprint density at radius 1 is 0.923 bits per heavy atom. The quantitative estimate of drug-likeness (QED) is 0.413. The third kappa shape index (κ3) is 5.88. The fraction of sp³-hybridized carbons (Fsp3) is 0.286. The van der Waals surface area contributed by atoms with Crippen LogP contribution in [-0.4, -0.2) is 48.9 Å². The summed E-state index contributed by atoms with van der Waals surface area (Å²) in [7, 11) is 2.02. The third-order valence-electron chi connectivity index (χ3n) is 7.05. The molecule has 3 aromatic rings. The van der Waals surface area contributed by atoms with Crippen LogP contribution in [0.5, 0.6) is 0 Å². The van der Waals surface area contributed by atoms with Gasteiger partial charge in [0.1, 0.15) is 11.6 Å². The minimum absolute atomic E-state index is 0.121. The Bertz CT molecular complexity index is 1410. The molecule has 0 saturated carbocycles. The molecular weight excluding hydrogens is 519 g/mol. The normalized spacial score (nSPS) is 18.2. The number of anilines is 2.